The quantitative estimate of drug-likeness (QED) is 0.725. The van der Waals surface area contributed by atoms with E-state index in [2.05, 4.69) is 5.16 Å². The summed E-state index contributed by atoms with van der Waals surface area (Å²) < 4.78 is 20.4. The van der Waals surface area contributed by atoms with E-state index in [9.17, 15) is 9.18 Å². The van der Waals surface area contributed by atoms with E-state index in [0.717, 1.165) is 17.0 Å². The summed E-state index contributed by atoms with van der Waals surface area (Å²) in [6.45, 7) is 5.95. The van der Waals surface area contributed by atoms with Gasteiger partial charge in [0.15, 0.2) is 5.82 Å². The van der Waals surface area contributed by atoms with Crippen molar-refractivity contribution >= 4 is 5.91 Å². The Bertz CT molecular complexity index is 927. The van der Waals surface area contributed by atoms with Gasteiger partial charge in [-0.25, -0.2) is 4.39 Å². The van der Waals surface area contributed by atoms with Crippen molar-refractivity contribution in [2.45, 2.75) is 27.3 Å². The average Bonchev–Trinajstić information content (AvgIpc) is 3.09. The number of carbonyl (C=O) groups is 1. The fourth-order valence-corrected chi connectivity index (χ4v) is 2.98. The normalized spacial score (nSPS) is 10.9. The zero-order valence-electron chi connectivity index (χ0n) is 14.7. The number of aryl methyl sites for hydroxylation is 2. The molecule has 0 radical (unpaired) electrons. The number of carbonyl (C=O) groups excluding carboxylic acids is 1. The summed E-state index contributed by atoms with van der Waals surface area (Å²) in [5, 5.41) is 4.02. The molecule has 25 heavy (non-hydrogen) atoms. The summed E-state index contributed by atoms with van der Waals surface area (Å²) >= 11 is 0. The molecule has 0 saturated heterocycles. The highest BCUT2D eigenvalue weighted by molar-refractivity contribution is 5.95. The third-order valence-corrected chi connectivity index (χ3v) is 4.16. The van der Waals surface area contributed by atoms with Gasteiger partial charge < -0.3 is 9.42 Å². The first kappa shape index (κ1) is 17.0. The molecular formula is C19H20FN3O2. The Labute approximate surface area is 145 Å². The van der Waals surface area contributed by atoms with Crippen molar-refractivity contribution in [2.75, 3.05) is 7.05 Å². The fourth-order valence-electron chi connectivity index (χ4n) is 2.98. The maximum absolute atomic E-state index is 13.3. The van der Waals surface area contributed by atoms with Gasteiger partial charge in [0.2, 0.25) is 0 Å². The van der Waals surface area contributed by atoms with Crippen LogP contribution < -0.4 is 0 Å². The third kappa shape index (κ3) is 3.33. The van der Waals surface area contributed by atoms with Crippen LogP contribution >= 0.6 is 0 Å². The zero-order valence-corrected chi connectivity index (χ0v) is 14.7. The Morgan fingerprint density at radius 2 is 2.00 bits per heavy atom. The Kier molecular flexibility index (Phi) is 4.44. The van der Waals surface area contributed by atoms with Crippen LogP contribution in [0.3, 0.4) is 0 Å². The molecular weight excluding hydrogens is 321 g/mol. The van der Waals surface area contributed by atoms with Gasteiger partial charge in [0.1, 0.15) is 11.6 Å². The molecule has 0 atom stereocenters. The second-order valence-corrected chi connectivity index (χ2v) is 6.21. The van der Waals surface area contributed by atoms with Crippen LogP contribution in [0.15, 0.2) is 40.9 Å². The largest absolute Gasteiger partial charge is 0.360 e. The van der Waals surface area contributed by atoms with Crippen molar-refractivity contribution in [2.24, 2.45) is 0 Å². The predicted molar refractivity (Wildman–Crippen MR) is 92.2 cm³/mol. The van der Waals surface area contributed by atoms with Crippen molar-refractivity contribution in [3.8, 4) is 5.82 Å². The lowest BCUT2D eigenvalue weighted by atomic mass is 10.1. The molecule has 2 heterocycles. The summed E-state index contributed by atoms with van der Waals surface area (Å²) in [5.41, 5.74) is 3.03. The van der Waals surface area contributed by atoms with Gasteiger partial charge >= 0.3 is 0 Å². The van der Waals surface area contributed by atoms with Crippen LogP contribution in [-0.4, -0.2) is 27.6 Å². The van der Waals surface area contributed by atoms with E-state index in [1.165, 1.54) is 12.1 Å². The standard InChI is InChI=1S/C19H20FN3O2/c1-12-8-17(14(3)23(12)18-9-13(2)25-21-18)19(24)22(4)11-15-6-5-7-16(20)10-15/h5-10H,11H2,1-4H3. The Balaban J connectivity index is 1.87. The Hall–Kier alpha value is -2.89. The Morgan fingerprint density at radius 3 is 2.64 bits per heavy atom. The second-order valence-electron chi connectivity index (χ2n) is 6.21. The average molecular weight is 341 g/mol. The molecule has 0 aliphatic carbocycles. The lowest BCUT2D eigenvalue weighted by Crippen LogP contribution is -2.26. The first-order chi connectivity index (χ1) is 11.9. The summed E-state index contributed by atoms with van der Waals surface area (Å²) in [4.78, 5) is 14.4. The van der Waals surface area contributed by atoms with Gasteiger partial charge in [-0.3, -0.25) is 9.36 Å². The zero-order chi connectivity index (χ0) is 18.1. The minimum atomic E-state index is -0.307. The van der Waals surface area contributed by atoms with Crippen LogP contribution in [0.5, 0.6) is 0 Å². The van der Waals surface area contributed by atoms with Gasteiger partial charge in [-0.1, -0.05) is 17.3 Å². The number of hydrogen-bond acceptors (Lipinski definition) is 3. The SMILES string of the molecule is Cc1cc(-n2c(C)cc(C(=O)N(C)Cc3cccc(F)c3)c2C)no1. The molecule has 0 unspecified atom stereocenters. The minimum Gasteiger partial charge on any atom is -0.360 e. The van der Waals surface area contributed by atoms with Gasteiger partial charge in [0.25, 0.3) is 5.91 Å². The maximum atomic E-state index is 13.3. The number of halogens is 1. The van der Waals surface area contributed by atoms with Crippen molar-refractivity contribution in [1.29, 1.82) is 0 Å². The van der Waals surface area contributed by atoms with Crippen LogP contribution in [0.25, 0.3) is 5.82 Å². The third-order valence-electron chi connectivity index (χ3n) is 4.16. The van der Waals surface area contributed by atoms with E-state index < -0.39 is 0 Å². The molecule has 130 valence electrons. The molecule has 0 spiro atoms. The van der Waals surface area contributed by atoms with Crippen LogP contribution in [0.1, 0.15) is 33.1 Å². The summed E-state index contributed by atoms with van der Waals surface area (Å²) in [6.07, 6.45) is 0. The molecule has 0 bridgehead atoms. The molecule has 0 aliphatic heterocycles. The summed E-state index contributed by atoms with van der Waals surface area (Å²) in [7, 11) is 1.71. The highest BCUT2D eigenvalue weighted by atomic mass is 19.1. The molecule has 1 aromatic carbocycles. The fraction of sp³-hybridized carbons (Fsp3) is 0.263. The number of benzene rings is 1. The van der Waals surface area contributed by atoms with Crippen LogP contribution in [0.2, 0.25) is 0 Å². The van der Waals surface area contributed by atoms with E-state index in [4.69, 9.17) is 4.52 Å². The van der Waals surface area contributed by atoms with Crippen molar-refractivity contribution < 1.29 is 13.7 Å². The van der Waals surface area contributed by atoms with Crippen molar-refractivity contribution in [3.05, 3.63) is 70.5 Å². The van der Waals surface area contributed by atoms with E-state index >= 15 is 0 Å². The number of hydrogen-bond donors (Lipinski definition) is 0. The highest BCUT2D eigenvalue weighted by Gasteiger charge is 2.21. The second kappa shape index (κ2) is 6.55. The lowest BCUT2D eigenvalue weighted by Gasteiger charge is -2.17. The maximum Gasteiger partial charge on any atom is 0.255 e. The van der Waals surface area contributed by atoms with Gasteiger partial charge in [-0.05, 0) is 44.5 Å². The van der Waals surface area contributed by atoms with Crippen LogP contribution in [0.4, 0.5) is 4.39 Å². The molecule has 3 rings (SSSR count). The Morgan fingerprint density at radius 1 is 1.24 bits per heavy atom. The number of amides is 1. The van der Waals surface area contributed by atoms with E-state index in [0.29, 0.717) is 23.7 Å². The highest BCUT2D eigenvalue weighted by Crippen LogP contribution is 2.22. The van der Waals surface area contributed by atoms with Gasteiger partial charge in [0.05, 0.1) is 5.56 Å². The van der Waals surface area contributed by atoms with E-state index in [1.54, 1.807) is 24.1 Å². The molecule has 0 aliphatic rings. The van der Waals surface area contributed by atoms with Gasteiger partial charge in [0, 0.05) is 31.0 Å². The molecule has 1 amide bonds. The van der Waals surface area contributed by atoms with Crippen molar-refractivity contribution in [1.82, 2.24) is 14.6 Å². The number of aromatic nitrogens is 2. The molecule has 6 heteroatoms. The van der Waals surface area contributed by atoms with E-state index in [1.807, 2.05) is 37.5 Å². The molecule has 5 nitrogen and oxygen atoms in total. The lowest BCUT2D eigenvalue weighted by molar-refractivity contribution is 0.0784. The van der Waals surface area contributed by atoms with Gasteiger partial charge in [-0.2, -0.15) is 0 Å². The predicted octanol–water partition coefficient (Wildman–Crippen LogP) is 3.80. The number of rotatable bonds is 4. The molecule has 0 N–H and O–H groups in total. The molecule has 2 aromatic heterocycles. The number of nitrogens with zero attached hydrogens (tertiary/aromatic N) is 3. The first-order valence-electron chi connectivity index (χ1n) is 7.99. The topological polar surface area (TPSA) is 51.3 Å². The minimum absolute atomic E-state index is 0.121. The molecule has 0 saturated carbocycles. The first-order valence-corrected chi connectivity index (χ1v) is 7.99. The molecule has 3 aromatic rings. The summed E-state index contributed by atoms with van der Waals surface area (Å²) in [6, 6.07) is 9.93. The monoisotopic (exact) mass is 341 g/mol. The van der Waals surface area contributed by atoms with Crippen LogP contribution in [0, 0.1) is 26.6 Å². The molecule has 0 fully saturated rings. The van der Waals surface area contributed by atoms with Crippen LogP contribution in [-0.2, 0) is 6.54 Å². The smallest absolute Gasteiger partial charge is 0.255 e. The summed E-state index contributed by atoms with van der Waals surface area (Å²) in [5.74, 6) is 0.930. The van der Waals surface area contributed by atoms with Crippen molar-refractivity contribution in [3.63, 3.8) is 0 Å². The van der Waals surface area contributed by atoms with Gasteiger partial charge in [-0.15, -0.1) is 0 Å². The van der Waals surface area contributed by atoms with E-state index in [-0.39, 0.29) is 11.7 Å².